The summed E-state index contributed by atoms with van der Waals surface area (Å²) in [5.74, 6) is 0.322. The molecule has 1 fully saturated rings. The second kappa shape index (κ2) is 5.87. The van der Waals surface area contributed by atoms with Gasteiger partial charge in [0.05, 0.1) is 17.9 Å². The van der Waals surface area contributed by atoms with Crippen LogP contribution in [0.3, 0.4) is 0 Å². The van der Waals surface area contributed by atoms with Crippen LogP contribution in [-0.4, -0.2) is 17.2 Å². The lowest BCUT2D eigenvalue weighted by Crippen LogP contribution is -2.24. The third-order valence-corrected chi connectivity index (χ3v) is 3.52. The molecule has 21 heavy (non-hydrogen) atoms. The highest BCUT2D eigenvalue weighted by molar-refractivity contribution is 5.80. The summed E-state index contributed by atoms with van der Waals surface area (Å²) in [5.41, 5.74) is 3.14. The number of carbonyl (C=O) groups is 2. The van der Waals surface area contributed by atoms with Gasteiger partial charge in [-0.1, -0.05) is 24.3 Å². The Morgan fingerprint density at radius 3 is 2.81 bits per heavy atom. The number of benzene rings is 1. The van der Waals surface area contributed by atoms with Gasteiger partial charge in [0.1, 0.15) is 6.29 Å². The SMILES string of the molecule is O=Cc1cccc(-c2cccc(CNC(=O)C3CC3)n2)c1. The molecule has 0 unspecified atom stereocenters. The van der Waals surface area contributed by atoms with E-state index in [1.165, 1.54) is 0 Å². The van der Waals surface area contributed by atoms with Crippen LogP contribution < -0.4 is 5.32 Å². The molecule has 106 valence electrons. The lowest BCUT2D eigenvalue weighted by Gasteiger charge is -2.07. The standard InChI is InChI=1S/C17H16N2O2/c20-11-12-3-1-4-14(9-12)16-6-2-5-15(19-16)10-18-17(21)13-7-8-13/h1-6,9,11,13H,7-8,10H2,(H,18,21). The zero-order valence-corrected chi connectivity index (χ0v) is 11.6. The highest BCUT2D eigenvalue weighted by Gasteiger charge is 2.29. The number of hydrogen-bond acceptors (Lipinski definition) is 3. The van der Waals surface area contributed by atoms with Crippen LogP contribution in [0.4, 0.5) is 0 Å². The summed E-state index contributed by atoms with van der Waals surface area (Å²) in [6.45, 7) is 0.441. The molecule has 4 nitrogen and oxygen atoms in total. The molecule has 0 saturated heterocycles. The number of pyridine rings is 1. The number of amides is 1. The summed E-state index contributed by atoms with van der Waals surface area (Å²) < 4.78 is 0. The van der Waals surface area contributed by atoms with Gasteiger partial charge < -0.3 is 5.32 Å². The zero-order valence-electron chi connectivity index (χ0n) is 11.6. The van der Waals surface area contributed by atoms with Gasteiger partial charge in [-0.3, -0.25) is 14.6 Å². The van der Waals surface area contributed by atoms with E-state index in [4.69, 9.17) is 0 Å². The van der Waals surface area contributed by atoms with E-state index in [2.05, 4.69) is 10.3 Å². The summed E-state index contributed by atoms with van der Waals surface area (Å²) >= 11 is 0. The van der Waals surface area contributed by atoms with Gasteiger partial charge >= 0.3 is 0 Å². The van der Waals surface area contributed by atoms with E-state index in [9.17, 15) is 9.59 Å². The van der Waals surface area contributed by atoms with E-state index in [0.717, 1.165) is 36.1 Å². The van der Waals surface area contributed by atoms with Gasteiger partial charge in [-0.05, 0) is 31.0 Å². The molecule has 4 heteroatoms. The smallest absolute Gasteiger partial charge is 0.223 e. The fourth-order valence-corrected chi connectivity index (χ4v) is 2.18. The van der Waals surface area contributed by atoms with Crippen molar-refractivity contribution in [3.05, 3.63) is 53.7 Å². The van der Waals surface area contributed by atoms with Crippen LogP contribution in [0.25, 0.3) is 11.3 Å². The third-order valence-electron chi connectivity index (χ3n) is 3.52. The number of nitrogens with one attached hydrogen (secondary N) is 1. The predicted octanol–water partition coefficient (Wildman–Crippen LogP) is 2.59. The molecule has 3 rings (SSSR count). The van der Waals surface area contributed by atoms with Crippen molar-refractivity contribution in [1.29, 1.82) is 0 Å². The summed E-state index contributed by atoms with van der Waals surface area (Å²) in [7, 11) is 0. The molecule has 1 aliphatic carbocycles. The van der Waals surface area contributed by atoms with E-state index in [1.54, 1.807) is 6.07 Å². The summed E-state index contributed by atoms with van der Waals surface area (Å²) in [6.07, 6.45) is 2.82. The topological polar surface area (TPSA) is 59.1 Å². The maximum atomic E-state index is 11.6. The molecule has 1 heterocycles. The Morgan fingerprint density at radius 2 is 2.05 bits per heavy atom. The lowest BCUT2D eigenvalue weighted by molar-refractivity contribution is -0.122. The van der Waals surface area contributed by atoms with E-state index >= 15 is 0 Å². The quantitative estimate of drug-likeness (QED) is 0.856. The second-order valence-corrected chi connectivity index (χ2v) is 5.25. The number of aldehydes is 1. The molecule has 1 aromatic carbocycles. The van der Waals surface area contributed by atoms with Crippen molar-refractivity contribution in [2.45, 2.75) is 19.4 Å². The Labute approximate surface area is 123 Å². The monoisotopic (exact) mass is 280 g/mol. The van der Waals surface area contributed by atoms with Crippen LogP contribution >= 0.6 is 0 Å². The van der Waals surface area contributed by atoms with Crippen LogP contribution in [0.15, 0.2) is 42.5 Å². The van der Waals surface area contributed by atoms with Gasteiger partial charge in [0.15, 0.2) is 0 Å². The normalized spacial score (nSPS) is 13.7. The predicted molar refractivity (Wildman–Crippen MR) is 79.6 cm³/mol. The lowest BCUT2D eigenvalue weighted by atomic mass is 10.1. The van der Waals surface area contributed by atoms with Crippen LogP contribution in [0.2, 0.25) is 0 Å². The van der Waals surface area contributed by atoms with Crippen molar-refractivity contribution >= 4 is 12.2 Å². The number of carbonyl (C=O) groups excluding carboxylic acids is 2. The van der Waals surface area contributed by atoms with Crippen molar-refractivity contribution in [2.24, 2.45) is 5.92 Å². The molecule has 0 radical (unpaired) electrons. The van der Waals surface area contributed by atoms with E-state index in [1.807, 2.05) is 36.4 Å². The van der Waals surface area contributed by atoms with E-state index in [0.29, 0.717) is 12.1 Å². The molecule has 1 N–H and O–H groups in total. The second-order valence-electron chi connectivity index (χ2n) is 5.25. The van der Waals surface area contributed by atoms with Gasteiger partial charge in [0.2, 0.25) is 5.91 Å². The number of rotatable bonds is 5. The maximum Gasteiger partial charge on any atom is 0.223 e. The molecule has 0 bridgehead atoms. The van der Waals surface area contributed by atoms with E-state index in [-0.39, 0.29) is 11.8 Å². The third kappa shape index (κ3) is 3.34. The molecule has 0 aliphatic heterocycles. The maximum absolute atomic E-state index is 11.6. The van der Waals surface area contributed by atoms with Crippen LogP contribution in [-0.2, 0) is 11.3 Å². The van der Waals surface area contributed by atoms with Crippen molar-refractivity contribution < 1.29 is 9.59 Å². The number of nitrogens with zero attached hydrogens (tertiary/aromatic N) is 1. The first-order chi connectivity index (χ1) is 10.3. The van der Waals surface area contributed by atoms with Crippen LogP contribution in [0.1, 0.15) is 28.9 Å². The molecular weight excluding hydrogens is 264 g/mol. The van der Waals surface area contributed by atoms with Crippen molar-refractivity contribution in [2.75, 3.05) is 0 Å². The van der Waals surface area contributed by atoms with Crippen molar-refractivity contribution in [3.63, 3.8) is 0 Å². The zero-order chi connectivity index (χ0) is 14.7. The molecule has 1 amide bonds. The van der Waals surface area contributed by atoms with Gasteiger partial charge in [0, 0.05) is 17.0 Å². The fourth-order valence-electron chi connectivity index (χ4n) is 2.18. The fraction of sp³-hybridized carbons (Fsp3) is 0.235. The Morgan fingerprint density at radius 1 is 1.24 bits per heavy atom. The molecule has 0 spiro atoms. The molecule has 0 atom stereocenters. The van der Waals surface area contributed by atoms with Crippen LogP contribution in [0.5, 0.6) is 0 Å². The van der Waals surface area contributed by atoms with Crippen molar-refractivity contribution in [1.82, 2.24) is 10.3 Å². The molecule has 1 saturated carbocycles. The number of hydrogen-bond donors (Lipinski definition) is 1. The Bertz CT molecular complexity index is 678. The average molecular weight is 280 g/mol. The molecule has 1 aromatic heterocycles. The molecular formula is C17H16N2O2. The summed E-state index contributed by atoms with van der Waals surface area (Å²) in [5, 5.41) is 2.90. The Hall–Kier alpha value is -2.49. The first kappa shape index (κ1) is 13.5. The van der Waals surface area contributed by atoms with Gasteiger partial charge in [-0.2, -0.15) is 0 Å². The van der Waals surface area contributed by atoms with Gasteiger partial charge in [-0.15, -0.1) is 0 Å². The largest absolute Gasteiger partial charge is 0.350 e. The first-order valence-corrected chi connectivity index (χ1v) is 7.05. The molecule has 1 aliphatic rings. The minimum absolute atomic E-state index is 0.116. The Kier molecular flexibility index (Phi) is 3.77. The highest BCUT2D eigenvalue weighted by Crippen LogP contribution is 2.28. The Balaban J connectivity index is 1.75. The summed E-state index contributed by atoms with van der Waals surface area (Å²) in [6, 6.07) is 13.0. The van der Waals surface area contributed by atoms with Crippen molar-refractivity contribution in [3.8, 4) is 11.3 Å². The minimum atomic E-state index is 0.116. The molecule has 2 aromatic rings. The van der Waals surface area contributed by atoms with Crippen LogP contribution in [0, 0.1) is 5.92 Å². The van der Waals surface area contributed by atoms with Gasteiger partial charge in [-0.25, -0.2) is 0 Å². The summed E-state index contributed by atoms with van der Waals surface area (Å²) in [4.78, 5) is 27.0. The van der Waals surface area contributed by atoms with Gasteiger partial charge in [0.25, 0.3) is 0 Å². The highest BCUT2D eigenvalue weighted by atomic mass is 16.2. The minimum Gasteiger partial charge on any atom is -0.350 e. The first-order valence-electron chi connectivity index (χ1n) is 7.05. The average Bonchev–Trinajstić information content (AvgIpc) is 3.38. The van der Waals surface area contributed by atoms with E-state index < -0.39 is 0 Å². The number of aromatic nitrogens is 1.